The van der Waals surface area contributed by atoms with Crippen LogP contribution >= 0.6 is 0 Å². The number of benzene rings is 1. The van der Waals surface area contributed by atoms with Gasteiger partial charge in [0.15, 0.2) is 0 Å². The number of ether oxygens (including phenoxy) is 2. The van der Waals surface area contributed by atoms with Gasteiger partial charge in [-0.2, -0.15) is 0 Å². The maximum atomic E-state index is 14.8. The Kier molecular flexibility index (Phi) is 9.44. The number of hydrogen-bond acceptors (Lipinski definition) is 9. The molecule has 1 saturated heterocycles. The summed E-state index contributed by atoms with van der Waals surface area (Å²) in [6.07, 6.45) is 12.1. The molecule has 0 radical (unpaired) electrons. The standard InChI is InChI=1S/C41H53N5O8S/c1-26-33-29(28-13-9-10-14-30(28)42-26)17-20-40(53-33)24-32-34(47)44-41(36(49)45-55(51,52)39(3)22-23-39)21-16-27(41)12-7-5-4-6-8-15-31(35(48)46(32)25-40)43-37(50)54-38(2)18-11-19-38/h7,9-10,12-14,27,31-32H,4-6,8,11,15-25H2,1-3H3,(H,43,50)(H,44,47)(H,45,49). The molecule has 4 heterocycles. The summed E-state index contributed by atoms with van der Waals surface area (Å²) < 4.78 is 40.6. The number of sulfonamides is 1. The average molecular weight is 776 g/mol. The highest BCUT2D eigenvalue weighted by molar-refractivity contribution is 7.91. The van der Waals surface area contributed by atoms with Gasteiger partial charge in [-0.15, -0.1) is 0 Å². The highest BCUT2D eigenvalue weighted by atomic mass is 32.2. The molecule has 4 amide bonds. The van der Waals surface area contributed by atoms with Gasteiger partial charge in [0.05, 0.1) is 22.5 Å². The summed E-state index contributed by atoms with van der Waals surface area (Å²) in [5, 5.41) is 6.89. The number of amides is 4. The summed E-state index contributed by atoms with van der Waals surface area (Å²) in [4.78, 5) is 63.4. The fourth-order valence-electron chi connectivity index (χ4n) is 9.19. The van der Waals surface area contributed by atoms with Crippen LogP contribution in [-0.4, -0.2) is 82.2 Å². The van der Waals surface area contributed by atoms with Crippen LogP contribution in [0.5, 0.6) is 5.75 Å². The number of nitrogens with zero attached hydrogens (tertiary/aromatic N) is 2. The Morgan fingerprint density at radius 3 is 2.49 bits per heavy atom. The molecule has 1 aromatic heterocycles. The molecule has 1 spiro atoms. The summed E-state index contributed by atoms with van der Waals surface area (Å²) in [5.74, 6) is -1.52. The van der Waals surface area contributed by atoms with E-state index in [-0.39, 0.29) is 19.4 Å². The maximum Gasteiger partial charge on any atom is 0.408 e. The Hall–Kier alpha value is -4.20. The molecule has 1 aromatic carbocycles. The Bertz CT molecular complexity index is 2060. The first kappa shape index (κ1) is 37.7. The third kappa shape index (κ3) is 6.86. The van der Waals surface area contributed by atoms with Crippen molar-refractivity contribution in [3.63, 3.8) is 0 Å². The average Bonchev–Trinajstić information content (AvgIpc) is 3.79. The van der Waals surface area contributed by atoms with Crippen LogP contribution in [0, 0.1) is 12.8 Å². The van der Waals surface area contributed by atoms with Gasteiger partial charge in [-0.05, 0) is 104 Å². The van der Waals surface area contributed by atoms with E-state index in [0.29, 0.717) is 62.8 Å². The van der Waals surface area contributed by atoms with Gasteiger partial charge in [-0.1, -0.05) is 43.2 Å². The van der Waals surface area contributed by atoms with Gasteiger partial charge in [0, 0.05) is 23.3 Å². The number of alkyl carbamates (subject to hydrolysis) is 1. The van der Waals surface area contributed by atoms with Crippen molar-refractivity contribution in [2.24, 2.45) is 5.92 Å². The van der Waals surface area contributed by atoms with Crippen molar-refractivity contribution in [1.82, 2.24) is 25.2 Å². The fourth-order valence-corrected chi connectivity index (χ4v) is 10.5. The maximum absolute atomic E-state index is 14.8. The second-order valence-corrected chi connectivity index (χ2v) is 19.6. The Labute approximate surface area is 322 Å². The number of nitrogens with one attached hydrogen (secondary N) is 3. The zero-order valence-electron chi connectivity index (χ0n) is 32.1. The second kappa shape index (κ2) is 13.8. The van der Waals surface area contributed by atoms with E-state index in [2.05, 4.69) is 15.4 Å². The van der Waals surface area contributed by atoms with Gasteiger partial charge in [0.1, 0.15) is 34.6 Å². The second-order valence-electron chi connectivity index (χ2n) is 17.4. The molecule has 3 N–H and O–H groups in total. The summed E-state index contributed by atoms with van der Waals surface area (Å²) >= 11 is 0. The predicted molar refractivity (Wildman–Crippen MR) is 204 cm³/mol. The quantitative estimate of drug-likeness (QED) is 0.353. The number of carbonyl (C=O) groups excluding carboxylic acids is 4. The molecule has 55 heavy (non-hydrogen) atoms. The molecule has 5 unspecified atom stereocenters. The summed E-state index contributed by atoms with van der Waals surface area (Å²) in [7, 11) is -3.99. The van der Waals surface area contributed by atoms with Gasteiger partial charge >= 0.3 is 6.09 Å². The van der Waals surface area contributed by atoms with E-state index in [1.165, 1.54) is 4.90 Å². The van der Waals surface area contributed by atoms with Crippen LogP contribution in [-0.2, 0) is 35.6 Å². The molecular formula is C41H53N5O8S. The van der Waals surface area contributed by atoms with Gasteiger partial charge in [-0.25, -0.2) is 18.2 Å². The van der Waals surface area contributed by atoms with Crippen molar-refractivity contribution in [3.8, 4) is 5.75 Å². The summed E-state index contributed by atoms with van der Waals surface area (Å²) in [6.45, 7) is 5.48. The predicted octanol–water partition coefficient (Wildman–Crippen LogP) is 5.03. The molecule has 4 fully saturated rings. The van der Waals surface area contributed by atoms with Crippen molar-refractivity contribution < 1.29 is 37.1 Å². The van der Waals surface area contributed by atoms with Crippen LogP contribution in [0.15, 0.2) is 36.4 Å². The van der Waals surface area contributed by atoms with Crippen molar-refractivity contribution in [3.05, 3.63) is 47.7 Å². The van der Waals surface area contributed by atoms with E-state index < -0.39 is 73.3 Å². The minimum atomic E-state index is -3.99. The van der Waals surface area contributed by atoms with Gasteiger partial charge in [-0.3, -0.25) is 19.1 Å². The van der Waals surface area contributed by atoms with Crippen LogP contribution in [0.1, 0.15) is 115 Å². The van der Waals surface area contributed by atoms with E-state index in [9.17, 15) is 27.6 Å². The molecular weight excluding hydrogens is 723 g/mol. The number of pyridine rings is 1. The minimum absolute atomic E-state index is 0.0792. The molecule has 14 heteroatoms. The molecule has 0 bridgehead atoms. The van der Waals surface area contributed by atoms with Crippen LogP contribution in [0.2, 0.25) is 0 Å². The number of rotatable bonds is 5. The third-order valence-corrected chi connectivity index (χ3v) is 15.6. The summed E-state index contributed by atoms with van der Waals surface area (Å²) in [6, 6.07) is 5.89. The Balaban J connectivity index is 1.14. The number of hydrogen-bond donors (Lipinski definition) is 3. The van der Waals surface area contributed by atoms with E-state index >= 15 is 0 Å². The number of aromatic nitrogens is 1. The zero-order valence-corrected chi connectivity index (χ0v) is 32.9. The lowest BCUT2D eigenvalue weighted by Gasteiger charge is -2.48. The van der Waals surface area contributed by atoms with E-state index in [0.717, 1.165) is 48.6 Å². The topological polar surface area (TPSA) is 173 Å². The lowest BCUT2D eigenvalue weighted by molar-refractivity contribution is -0.144. The molecule has 296 valence electrons. The van der Waals surface area contributed by atoms with Gasteiger partial charge in [0.2, 0.25) is 21.8 Å². The number of allylic oxidation sites excluding steroid dienone is 1. The Morgan fingerprint density at radius 2 is 1.78 bits per heavy atom. The number of fused-ring (bicyclic) bond motifs is 5. The third-order valence-electron chi connectivity index (χ3n) is 13.4. The molecule has 8 rings (SSSR count). The van der Waals surface area contributed by atoms with Crippen molar-refractivity contribution >= 4 is 44.7 Å². The van der Waals surface area contributed by atoms with Crippen LogP contribution < -0.4 is 20.1 Å². The highest BCUT2D eigenvalue weighted by Crippen LogP contribution is 2.47. The molecule has 3 aliphatic carbocycles. The van der Waals surface area contributed by atoms with E-state index in [1.54, 1.807) is 6.92 Å². The van der Waals surface area contributed by atoms with Crippen LogP contribution in [0.3, 0.4) is 0 Å². The van der Waals surface area contributed by atoms with E-state index in [4.69, 9.17) is 14.5 Å². The lowest BCUT2D eigenvalue weighted by Crippen LogP contribution is -2.70. The molecule has 5 atom stereocenters. The van der Waals surface area contributed by atoms with E-state index in [1.807, 2.05) is 50.3 Å². The van der Waals surface area contributed by atoms with Crippen LogP contribution in [0.4, 0.5) is 4.79 Å². The molecule has 6 aliphatic rings. The summed E-state index contributed by atoms with van der Waals surface area (Å²) in [5.41, 5.74) is -0.425. The first-order valence-corrected chi connectivity index (χ1v) is 21.6. The first-order chi connectivity index (χ1) is 26.2. The molecule has 2 aromatic rings. The molecule has 3 saturated carbocycles. The monoisotopic (exact) mass is 775 g/mol. The molecule has 3 aliphatic heterocycles. The van der Waals surface area contributed by atoms with Crippen molar-refractivity contribution in [1.29, 1.82) is 0 Å². The normalized spacial score (nSPS) is 31.2. The van der Waals surface area contributed by atoms with Crippen molar-refractivity contribution in [2.75, 3.05) is 6.54 Å². The van der Waals surface area contributed by atoms with Gasteiger partial charge < -0.3 is 25.0 Å². The fraction of sp³-hybridized carbons (Fsp3) is 0.634. The van der Waals surface area contributed by atoms with Crippen LogP contribution in [0.25, 0.3) is 10.9 Å². The number of para-hydroxylation sites is 1. The largest absolute Gasteiger partial charge is 0.483 e. The number of carbonyl (C=O) groups is 4. The highest BCUT2D eigenvalue weighted by Gasteiger charge is 2.59. The van der Waals surface area contributed by atoms with Gasteiger partial charge in [0.25, 0.3) is 5.91 Å². The first-order valence-electron chi connectivity index (χ1n) is 20.1. The van der Waals surface area contributed by atoms with Crippen molar-refractivity contribution in [2.45, 2.75) is 151 Å². The smallest absolute Gasteiger partial charge is 0.408 e. The zero-order chi connectivity index (χ0) is 38.8. The number of aryl methyl sites for hydroxylation is 2. The SMILES string of the molecule is Cc1nc2ccccc2c2c1OC1(CC2)CC2C(=O)NC3(C(=O)NS(=O)(=O)C4(C)CC4)CCC3C=CCCCCCC(NC(=O)OC3(C)CCC3)C(=O)N2C1. The molecule has 13 nitrogen and oxygen atoms in total. The lowest BCUT2D eigenvalue weighted by atomic mass is 9.65. The minimum Gasteiger partial charge on any atom is -0.483 e. The Morgan fingerprint density at radius 1 is 1.00 bits per heavy atom.